The number of benzene rings is 1. The Labute approximate surface area is 127 Å². The van der Waals surface area contributed by atoms with Crippen LogP contribution in [0.1, 0.15) is 43.8 Å². The zero-order chi connectivity index (χ0) is 15.4. The molecular weight excluding hydrogens is 262 g/mol. The Morgan fingerprint density at radius 3 is 2.57 bits per heavy atom. The fourth-order valence-corrected chi connectivity index (χ4v) is 2.53. The minimum Gasteiger partial charge on any atom is -0.491 e. The van der Waals surface area contributed by atoms with Gasteiger partial charge in [0.2, 0.25) is 0 Å². The molecule has 0 radical (unpaired) electrons. The molecule has 1 aromatic heterocycles. The lowest BCUT2D eigenvalue weighted by Gasteiger charge is -2.21. The topological polar surface area (TPSA) is 39.1 Å². The Balaban J connectivity index is 2.43. The van der Waals surface area contributed by atoms with Crippen LogP contribution in [0.3, 0.4) is 0 Å². The minimum absolute atomic E-state index is 0.0674. The largest absolute Gasteiger partial charge is 0.491 e. The standard InChI is InChI=1S/C17H25N3O/c1-6-13-11-15(20(5)19-13)17(18-4)14-9-7-8-10-16(14)21-12(2)3/h7-12,17-18H,6H2,1-5H3. The second-order valence-corrected chi connectivity index (χ2v) is 5.46. The molecule has 4 nitrogen and oxygen atoms in total. The molecule has 114 valence electrons. The number of hydrogen-bond donors (Lipinski definition) is 1. The van der Waals surface area contributed by atoms with E-state index in [-0.39, 0.29) is 12.1 Å². The summed E-state index contributed by atoms with van der Waals surface area (Å²) < 4.78 is 7.90. The first-order valence-corrected chi connectivity index (χ1v) is 7.52. The van der Waals surface area contributed by atoms with Gasteiger partial charge in [0.1, 0.15) is 5.75 Å². The lowest BCUT2D eigenvalue weighted by Crippen LogP contribution is -2.22. The van der Waals surface area contributed by atoms with Gasteiger partial charge in [0.15, 0.2) is 0 Å². The molecule has 2 rings (SSSR count). The number of aromatic nitrogens is 2. The highest BCUT2D eigenvalue weighted by Gasteiger charge is 2.20. The van der Waals surface area contributed by atoms with Crippen molar-refractivity contribution in [3.8, 4) is 5.75 Å². The second kappa shape index (κ2) is 6.76. The van der Waals surface area contributed by atoms with Gasteiger partial charge in [-0.25, -0.2) is 0 Å². The van der Waals surface area contributed by atoms with Crippen molar-refractivity contribution < 1.29 is 4.74 Å². The van der Waals surface area contributed by atoms with Crippen LogP contribution in [0, 0.1) is 0 Å². The van der Waals surface area contributed by atoms with Crippen molar-refractivity contribution in [3.63, 3.8) is 0 Å². The Hall–Kier alpha value is -1.81. The molecule has 1 atom stereocenters. The van der Waals surface area contributed by atoms with Gasteiger partial charge in [-0.1, -0.05) is 25.1 Å². The van der Waals surface area contributed by atoms with Crippen LogP contribution in [0.2, 0.25) is 0 Å². The summed E-state index contributed by atoms with van der Waals surface area (Å²) in [6, 6.07) is 10.4. The third-order valence-corrected chi connectivity index (χ3v) is 3.51. The molecular formula is C17H25N3O. The molecule has 2 aromatic rings. The number of rotatable bonds is 6. The molecule has 1 heterocycles. The average Bonchev–Trinajstić information content (AvgIpc) is 2.82. The van der Waals surface area contributed by atoms with Gasteiger partial charge in [-0.3, -0.25) is 4.68 Å². The van der Waals surface area contributed by atoms with Crippen LogP contribution in [-0.4, -0.2) is 22.9 Å². The average molecular weight is 287 g/mol. The number of aryl methyl sites for hydroxylation is 2. The summed E-state index contributed by atoms with van der Waals surface area (Å²) in [5.74, 6) is 0.922. The smallest absolute Gasteiger partial charge is 0.124 e. The molecule has 0 aliphatic carbocycles. The highest BCUT2D eigenvalue weighted by Crippen LogP contribution is 2.30. The second-order valence-electron chi connectivity index (χ2n) is 5.46. The maximum atomic E-state index is 5.95. The highest BCUT2D eigenvalue weighted by molar-refractivity contribution is 5.40. The summed E-state index contributed by atoms with van der Waals surface area (Å²) in [5, 5.41) is 7.94. The van der Waals surface area contributed by atoms with Gasteiger partial charge in [-0.15, -0.1) is 0 Å². The van der Waals surface area contributed by atoms with Crippen LogP contribution in [0.4, 0.5) is 0 Å². The van der Waals surface area contributed by atoms with Gasteiger partial charge in [-0.05, 0) is 39.4 Å². The maximum absolute atomic E-state index is 5.95. The first-order chi connectivity index (χ1) is 10.1. The number of para-hydroxylation sites is 1. The van der Waals surface area contributed by atoms with Crippen molar-refractivity contribution in [2.24, 2.45) is 7.05 Å². The van der Waals surface area contributed by atoms with Crippen LogP contribution in [0.25, 0.3) is 0 Å². The molecule has 0 spiro atoms. The molecule has 1 unspecified atom stereocenters. The van der Waals surface area contributed by atoms with Crippen molar-refractivity contribution >= 4 is 0 Å². The lowest BCUT2D eigenvalue weighted by molar-refractivity contribution is 0.238. The first-order valence-electron chi connectivity index (χ1n) is 7.52. The van der Waals surface area contributed by atoms with Crippen molar-refractivity contribution in [2.75, 3.05) is 7.05 Å². The number of nitrogens with one attached hydrogen (secondary N) is 1. The van der Waals surface area contributed by atoms with Crippen LogP contribution >= 0.6 is 0 Å². The van der Waals surface area contributed by atoms with Crippen LogP contribution in [-0.2, 0) is 13.5 Å². The van der Waals surface area contributed by atoms with Gasteiger partial charge in [0.05, 0.1) is 23.5 Å². The molecule has 4 heteroatoms. The lowest BCUT2D eigenvalue weighted by atomic mass is 10.0. The van der Waals surface area contributed by atoms with Gasteiger partial charge < -0.3 is 10.1 Å². The molecule has 0 bridgehead atoms. The third-order valence-electron chi connectivity index (χ3n) is 3.51. The summed E-state index contributed by atoms with van der Waals surface area (Å²) in [6.45, 7) is 6.21. The summed E-state index contributed by atoms with van der Waals surface area (Å²) in [4.78, 5) is 0. The maximum Gasteiger partial charge on any atom is 0.124 e. The summed E-state index contributed by atoms with van der Waals surface area (Å²) in [5.41, 5.74) is 3.39. The summed E-state index contributed by atoms with van der Waals surface area (Å²) >= 11 is 0. The predicted molar refractivity (Wildman–Crippen MR) is 85.7 cm³/mol. The van der Waals surface area contributed by atoms with E-state index in [1.54, 1.807) is 0 Å². The van der Waals surface area contributed by atoms with Crippen molar-refractivity contribution in [1.29, 1.82) is 0 Å². The van der Waals surface area contributed by atoms with Crippen LogP contribution < -0.4 is 10.1 Å². The zero-order valence-corrected chi connectivity index (χ0v) is 13.6. The molecule has 0 aliphatic rings. The fourth-order valence-electron chi connectivity index (χ4n) is 2.53. The van der Waals surface area contributed by atoms with Crippen LogP contribution in [0.5, 0.6) is 5.75 Å². The van der Waals surface area contributed by atoms with E-state index in [1.165, 1.54) is 0 Å². The van der Waals surface area contributed by atoms with E-state index in [0.717, 1.165) is 29.1 Å². The molecule has 0 aliphatic heterocycles. The third kappa shape index (κ3) is 3.45. The monoisotopic (exact) mass is 287 g/mol. The Morgan fingerprint density at radius 1 is 1.29 bits per heavy atom. The first kappa shape index (κ1) is 15.6. The molecule has 0 amide bonds. The minimum atomic E-state index is 0.0674. The Morgan fingerprint density at radius 2 is 2.00 bits per heavy atom. The van der Waals surface area contributed by atoms with Crippen molar-refractivity contribution in [2.45, 2.75) is 39.3 Å². The molecule has 0 fully saturated rings. The number of nitrogens with zero attached hydrogens (tertiary/aromatic N) is 2. The zero-order valence-electron chi connectivity index (χ0n) is 13.6. The summed E-state index contributed by atoms with van der Waals surface area (Å²) in [6.07, 6.45) is 1.09. The summed E-state index contributed by atoms with van der Waals surface area (Å²) in [7, 11) is 3.96. The number of hydrogen-bond acceptors (Lipinski definition) is 3. The van der Waals surface area contributed by atoms with Crippen molar-refractivity contribution in [3.05, 3.63) is 47.3 Å². The Kier molecular flexibility index (Phi) is 5.02. The quantitative estimate of drug-likeness (QED) is 0.887. The van der Waals surface area contributed by atoms with Gasteiger partial charge >= 0.3 is 0 Å². The van der Waals surface area contributed by atoms with E-state index in [0.29, 0.717) is 0 Å². The van der Waals surface area contributed by atoms with E-state index < -0.39 is 0 Å². The Bertz CT molecular complexity index is 589. The van der Waals surface area contributed by atoms with Gasteiger partial charge in [0, 0.05) is 12.6 Å². The van der Waals surface area contributed by atoms with E-state index in [1.807, 2.05) is 50.8 Å². The normalized spacial score (nSPS) is 12.7. The highest BCUT2D eigenvalue weighted by atomic mass is 16.5. The van der Waals surface area contributed by atoms with Crippen LogP contribution in [0.15, 0.2) is 30.3 Å². The molecule has 1 N–H and O–H groups in total. The predicted octanol–water partition coefficient (Wildman–Crippen LogP) is 3.08. The van der Waals surface area contributed by atoms with E-state index in [2.05, 4.69) is 29.5 Å². The molecule has 1 aromatic carbocycles. The van der Waals surface area contributed by atoms with Crippen molar-refractivity contribution in [1.82, 2.24) is 15.1 Å². The van der Waals surface area contributed by atoms with Gasteiger partial charge in [0.25, 0.3) is 0 Å². The van der Waals surface area contributed by atoms with E-state index in [4.69, 9.17) is 4.74 Å². The van der Waals surface area contributed by atoms with E-state index >= 15 is 0 Å². The van der Waals surface area contributed by atoms with Gasteiger partial charge in [-0.2, -0.15) is 5.10 Å². The fraction of sp³-hybridized carbons (Fsp3) is 0.471. The molecule has 0 saturated carbocycles. The molecule has 21 heavy (non-hydrogen) atoms. The molecule has 0 saturated heterocycles. The SMILES string of the molecule is CCc1cc(C(NC)c2ccccc2OC(C)C)n(C)n1. The van der Waals surface area contributed by atoms with E-state index in [9.17, 15) is 0 Å². The number of ether oxygens (including phenoxy) is 1.